The fourth-order valence-electron chi connectivity index (χ4n) is 4.56. The number of nitrogens with one attached hydrogen (secondary N) is 5. The zero-order chi connectivity index (χ0) is 26.8. The summed E-state index contributed by atoms with van der Waals surface area (Å²) in [5.41, 5.74) is -0.556. The number of aromatic nitrogens is 2. The molecular formula is C24H27N7O6S. The molecule has 1 spiro atoms. The molecule has 0 radical (unpaired) electrons. The van der Waals surface area contributed by atoms with E-state index in [-0.39, 0.29) is 23.1 Å². The molecule has 5 rings (SSSR count). The van der Waals surface area contributed by atoms with Gasteiger partial charge in [0.1, 0.15) is 11.8 Å². The van der Waals surface area contributed by atoms with Crippen LogP contribution in [0.2, 0.25) is 0 Å². The Morgan fingerprint density at radius 1 is 1.21 bits per heavy atom. The molecule has 1 saturated heterocycles. The zero-order valence-corrected chi connectivity index (χ0v) is 21.0. The number of H-pyrrole nitrogens is 1. The Bertz CT molecular complexity index is 1480. The van der Waals surface area contributed by atoms with Gasteiger partial charge in [0.25, 0.3) is 5.91 Å². The molecule has 2 aromatic carbocycles. The predicted molar refractivity (Wildman–Crippen MR) is 138 cm³/mol. The van der Waals surface area contributed by atoms with E-state index in [1.54, 1.807) is 30.6 Å². The van der Waals surface area contributed by atoms with E-state index in [1.165, 1.54) is 12.1 Å². The van der Waals surface area contributed by atoms with Crippen LogP contribution < -0.4 is 20.7 Å². The zero-order valence-electron chi connectivity index (χ0n) is 20.2. The largest absolute Gasteiger partial charge is 0.480 e. The van der Waals surface area contributed by atoms with Crippen molar-refractivity contribution in [1.82, 2.24) is 25.3 Å². The lowest BCUT2D eigenvalue weighted by Crippen LogP contribution is -2.49. The summed E-state index contributed by atoms with van der Waals surface area (Å²) in [7, 11) is -4.17. The number of carboxylic acid groups (broad SMARTS) is 1. The molecule has 0 bridgehead atoms. The Labute approximate surface area is 218 Å². The fraction of sp³-hybridized carbons (Fsp3) is 0.333. The number of hydrogen-bond donors (Lipinski definition) is 6. The number of benzene rings is 2. The molecule has 0 saturated carbocycles. The topological polar surface area (TPSA) is 187 Å². The van der Waals surface area contributed by atoms with Crippen LogP contribution in [0.3, 0.4) is 0 Å². The SMILES string of the molecule is O=C(NCC(NS(=O)(=O)c1ccc2ccccc2c1)C(=O)O)C1=NO[C@]2(CNC(CNc3ncc[nH]3)C2)C1. The van der Waals surface area contributed by atoms with Crippen LogP contribution >= 0.6 is 0 Å². The summed E-state index contributed by atoms with van der Waals surface area (Å²) < 4.78 is 27.9. The van der Waals surface area contributed by atoms with Crippen LogP contribution in [0.15, 0.2) is 64.9 Å². The number of carboxylic acids is 1. The molecular weight excluding hydrogens is 514 g/mol. The molecule has 38 heavy (non-hydrogen) atoms. The minimum Gasteiger partial charge on any atom is -0.480 e. The number of rotatable bonds is 10. The average Bonchev–Trinajstić information content (AvgIpc) is 3.67. The second kappa shape index (κ2) is 10.4. The number of aliphatic carboxylic acids is 1. The number of hydrogen-bond acceptors (Lipinski definition) is 9. The third-order valence-electron chi connectivity index (χ3n) is 6.54. The molecule has 0 aliphatic carbocycles. The first-order chi connectivity index (χ1) is 18.2. The number of fused-ring (bicyclic) bond motifs is 1. The number of sulfonamides is 1. The van der Waals surface area contributed by atoms with E-state index in [1.807, 2.05) is 12.1 Å². The highest BCUT2D eigenvalue weighted by atomic mass is 32.2. The van der Waals surface area contributed by atoms with Crippen molar-refractivity contribution in [2.45, 2.75) is 35.4 Å². The summed E-state index contributed by atoms with van der Waals surface area (Å²) in [4.78, 5) is 37.1. The van der Waals surface area contributed by atoms with Gasteiger partial charge in [0, 0.05) is 50.9 Å². The molecule has 3 atom stereocenters. The maximum atomic E-state index is 12.9. The minimum absolute atomic E-state index is 0.0682. The highest BCUT2D eigenvalue weighted by molar-refractivity contribution is 7.89. The lowest BCUT2D eigenvalue weighted by atomic mass is 9.94. The van der Waals surface area contributed by atoms with Crippen molar-refractivity contribution in [3.05, 3.63) is 54.9 Å². The van der Waals surface area contributed by atoms with Gasteiger partial charge in [-0.15, -0.1) is 0 Å². The van der Waals surface area contributed by atoms with Gasteiger partial charge >= 0.3 is 5.97 Å². The van der Waals surface area contributed by atoms with Crippen LogP contribution in [-0.2, 0) is 24.4 Å². The number of carbonyl (C=O) groups excluding carboxylic acids is 1. The van der Waals surface area contributed by atoms with Crippen molar-refractivity contribution in [3.8, 4) is 0 Å². The van der Waals surface area contributed by atoms with Gasteiger partial charge in [0.05, 0.1) is 4.90 Å². The van der Waals surface area contributed by atoms with Crippen molar-refractivity contribution in [1.29, 1.82) is 0 Å². The predicted octanol–water partition coefficient (Wildman–Crippen LogP) is 0.400. The number of imidazole rings is 1. The summed E-state index contributed by atoms with van der Waals surface area (Å²) in [5, 5.41) is 24.1. The Kier molecular flexibility index (Phi) is 7.01. The molecule has 3 heterocycles. The fourth-order valence-corrected chi connectivity index (χ4v) is 5.79. The van der Waals surface area contributed by atoms with E-state index in [0.29, 0.717) is 30.8 Å². The third kappa shape index (κ3) is 5.61. The molecule has 14 heteroatoms. The Morgan fingerprint density at radius 3 is 2.79 bits per heavy atom. The third-order valence-corrected chi connectivity index (χ3v) is 8.01. The summed E-state index contributed by atoms with van der Waals surface area (Å²) >= 11 is 0. The molecule has 200 valence electrons. The van der Waals surface area contributed by atoms with Crippen LogP contribution in [0.5, 0.6) is 0 Å². The van der Waals surface area contributed by atoms with E-state index in [9.17, 15) is 23.1 Å². The summed E-state index contributed by atoms with van der Waals surface area (Å²) in [5.74, 6) is -1.39. The number of carbonyl (C=O) groups is 2. The normalized spacial score (nSPS) is 21.7. The first-order valence-electron chi connectivity index (χ1n) is 12.0. The van der Waals surface area contributed by atoms with Gasteiger partial charge < -0.3 is 30.9 Å². The standard InChI is InChI=1S/C24H27N7O6S/c32-21(19-11-24(37-30-19)10-17(29-14-24)12-28-23-25-7-8-26-23)27-13-20(22(33)34)31-38(35,36)18-6-5-15-3-1-2-4-16(15)9-18/h1-9,17,20,29,31H,10-14H2,(H,27,32)(H,33,34)(H2,25,26,28)/t17?,20?,24-/m0/s1. The van der Waals surface area contributed by atoms with Gasteiger partial charge in [0.2, 0.25) is 10.0 Å². The number of anilines is 1. The molecule has 6 N–H and O–H groups in total. The Balaban J connectivity index is 1.15. The van der Waals surface area contributed by atoms with E-state index in [4.69, 9.17) is 4.84 Å². The van der Waals surface area contributed by atoms with E-state index in [2.05, 4.69) is 35.8 Å². The molecule has 1 fully saturated rings. The number of oxime groups is 1. The average molecular weight is 542 g/mol. The molecule has 13 nitrogen and oxygen atoms in total. The summed E-state index contributed by atoms with van der Waals surface area (Å²) in [6, 6.07) is 10.2. The molecule has 1 aromatic heterocycles. The van der Waals surface area contributed by atoms with Crippen molar-refractivity contribution < 1.29 is 28.0 Å². The minimum atomic E-state index is -4.17. The number of aromatic amines is 1. The Morgan fingerprint density at radius 2 is 2.03 bits per heavy atom. The van der Waals surface area contributed by atoms with Crippen molar-refractivity contribution in [2.75, 3.05) is 25.0 Å². The number of nitrogens with zero attached hydrogens (tertiary/aromatic N) is 2. The molecule has 1 amide bonds. The van der Waals surface area contributed by atoms with Gasteiger partial charge in [-0.05, 0) is 22.9 Å². The lowest BCUT2D eigenvalue weighted by Gasteiger charge is -2.19. The van der Waals surface area contributed by atoms with E-state index in [0.717, 1.165) is 5.39 Å². The lowest BCUT2D eigenvalue weighted by molar-refractivity contribution is -0.138. The number of amides is 1. The highest BCUT2D eigenvalue weighted by Crippen LogP contribution is 2.32. The van der Waals surface area contributed by atoms with Crippen molar-refractivity contribution in [2.24, 2.45) is 5.16 Å². The van der Waals surface area contributed by atoms with Crippen LogP contribution in [0, 0.1) is 0 Å². The van der Waals surface area contributed by atoms with Crippen LogP contribution in [0.25, 0.3) is 10.8 Å². The Hall–Kier alpha value is -4.01. The van der Waals surface area contributed by atoms with Crippen molar-refractivity contribution >= 4 is 44.3 Å². The second-order valence-corrected chi connectivity index (χ2v) is 11.0. The van der Waals surface area contributed by atoms with Crippen LogP contribution in [0.4, 0.5) is 5.95 Å². The monoisotopic (exact) mass is 541 g/mol. The maximum Gasteiger partial charge on any atom is 0.323 e. The van der Waals surface area contributed by atoms with Gasteiger partial charge in [-0.3, -0.25) is 9.59 Å². The van der Waals surface area contributed by atoms with Crippen LogP contribution in [-0.4, -0.2) is 78.4 Å². The van der Waals surface area contributed by atoms with Crippen LogP contribution in [0.1, 0.15) is 12.8 Å². The van der Waals surface area contributed by atoms with Crippen molar-refractivity contribution in [3.63, 3.8) is 0 Å². The maximum absolute atomic E-state index is 12.9. The van der Waals surface area contributed by atoms with Gasteiger partial charge in [0.15, 0.2) is 11.5 Å². The van der Waals surface area contributed by atoms with Gasteiger partial charge in [-0.1, -0.05) is 35.5 Å². The summed E-state index contributed by atoms with van der Waals surface area (Å²) in [6.45, 7) is 0.611. The summed E-state index contributed by atoms with van der Waals surface area (Å²) in [6.07, 6.45) is 4.20. The quantitative estimate of drug-likeness (QED) is 0.211. The molecule has 2 unspecified atom stereocenters. The van der Waals surface area contributed by atoms with Gasteiger partial charge in [-0.25, -0.2) is 13.4 Å². The molecule has 3 aromatic rings. The second-order valence-electron chi connectivity index (χ2n) is 9.32. The first-order valence-corrected chi connectivity index (χ1v) is 13.5. The van der Waals surface area contributed by atoms with E-state index < -0.39 is 40.1 Å². The van der Waals surface area contributed by atoms with E-state index >= 15 is 0 Å². The van der Waals surface area contributed by atoms with Gasteiger partial charge in [-0.2, -0.15) is 4.72 Å². The molecule has 2 aliphatic heterocycles. The first kappa shape index (κ1) is 25.6. The molecule has 2 aliphatic rings. The highest BCUT2D eigenvalue weighted by Gasteiger charge is 2.47. The smallest absolute Gasteiger partial charge is 0.323 e.